The summed E-state index contributed by atoms with van der Waals surface area (Å²) in [5, 5.41) is -0.0369. The summed E-state index contributed by atoms with van der Waals surface area (Å²) in [5.41, 5.74) is -0.835. The van der Waals surface area contributed by atoms with Crippen LogP contribution in [0.2, 0.25) is 0 Å². The third-order valence-electron chi connectivity index (χ3n) is 1.69. The van der Waals surface area contributed by atoms with Crippen molar-refractivity contribution in [3.63, 3.8) is 0 Å². The fourth-order valence-electron chi connectivity index (χ4n) is 1.08. The molecule has 1 heterocycles. The number of aromatic nitrogens is 1. The van der Waals surface area contributed by atoms with Crippen molar-refractivity contribution in [1.82, 2.24) is 4.98 Å². The van der Waals surface area contributed by atoms with Gasteiger partial charge >= 0.3 is 6.36 Å². The highest BCUT2D eigenvalue weighted by Crippen LogP contribution is 2.38. The Morgan fingerprint density at radius 2 is 2.00 bits per heavy atom. The average molecular weight is 432 g/mol. The first kappa shape index (κ1) is 14.9. The van der Waals surface area contributed by atoms with Gasteiger partial charge in [-0.2, -0.15) is 0 Å². The maximum absolute atomic E-state index is 12.7. The molecule has 0 aliphatic rings. The lowest BCUT2D eigenvalue weighted by atomic mass is 10.1. The fourth-order valence-corrected chi connectivity index (χ4v) is 2.07. The van der Waals surface area contributed by atoms with Crippen molar-refractivity contribution in [1.29, 1.82) is 0 Å². The number of pyridine rings is 1. The van der Waals surface area contributed by atoms with Gasteiger partial charge in [-0.05, 0) is 28.2 Å². The molecule has 0 aliphatic carbocycles. The first-order chi connectivity index (χ1) is 7.76. The Morgan fingerprint density at radius 1 is 1.41 bits per heavy atom. The number of hydrogen-bond acceptors (Lipinski definition) is 2. The number of halogens is 7. The second-order valence-electron chi connectivity index (χ2n) is 2.80. The summed E-state index contributed by atoms with van der Waals surface area (Å²) in [4.78, 5) is 3.58. The minimum absolute atomic E-state index is 0.0369. The van der Waals surface area contributed by atoms with Crippen LogP contribution in [0.3, 0.4) is 0 Å². The second kappa shape index (κ2) is 5.63. The van der Waals surface area contributed by atoms with Crippen molar-refractivity contribution in [2.45, 2.75) is 18.1 Å². The third-order valence-corrected chi connectivity index (χ3v) is 3.06. The third kappa shape index (κ3) is 3.90. The van der Waals surface area contributed by atoms with Crippen LogP contribution in [-0.4, -0.2) is 11.3 Å². The van der Waals surface area contributed by atoms with Crippen molar-refractivity contribution < 1.29 is 26.7 Å². The van der Waals surface area contributed by atoms with E-state index in [2.05, 4.69) is 25.7 Å². The molecule has 0 aromatic carbocycles. The minimum atomic E-state index is -5.03. The number of nitrogens with zero attached hydrogens (tertiary/aromatic N) is 1. The highest BCUT2D eigenvalue weighted by Gasteiger charge is 2.35. The van der Waals surface area contributed by atoms with Gasteiger partial charge in [0, 0.05) is 11.5 Å². The van der Waals surface area contributed by atoms with Crippen molar-refractivity contribution in [2.75, 3.05) is 0 Å². The Kier molecular flexibility index (Phi) is 4.93. The van der Waals surface area contributed by atoms with Crippen LogP contribution >= 0.6 is 38.5 Å². The van der Waals surface area contributed by atoms with Gasteiger partial charge in [0.1, 0.15) is 3.70 Å². The van der Waals surface area contributed by atoms with Gasteiger partial charge in [-0.1, -0.05) is 15.9 Å². The van der Waals surface area contributed by atoms with Gasteiger partial charge < -0.3 is 4.74 Å². The van der Waals surface area contributed by atoms with Crippen LogP contribution in [0.4, 0.5) is 22.0 Å². The molecule has 0 saturated carbocycles. The molecule has 0 radical (unpaired) electrons. The Morgan fingerprint density at radius 3 is 2.41 bits per heavy atom. The topological polar surface area (TPSA) is 22.1 Å². The van der Waals surface area contributed by atoms with E-state index < -0.39 is 24.1 Å². The van der Waals surface area contributed by atoms with Crippen LogP contribution < -0.4 is 4.74 Å². The summed E-state index contributed by atoms with van der Waals surface area (Å²) in [6, 6.07) is 0. The number of ether oxygens (including phenoxy) is 1. The maximum Gasteiger partial charge on any atom is 0.573 e. The molecule has 17 heavy (non-hydrogen) atoms. The van der Waals surface area contributed by atoms with Gasteiger partial charge in [0.2, 0.25) is 0 Å². The molecule has 0 saturated heterocycles. The fraction of sp³-hybridized carbons (Fsp3) is 0.375. The van der Waals surface area contributed by atoms with Gasteiger partial charge in [0.25, 0.3) is 6.43 Å². The van der Waals surface area contributed by atoms with Gasteiger partial charge in [-0.15, -0.1) is 13.2 Å². The van der Waals surface area contributed by atoms with E-state index in [1.807, 2.05) is 0 Å². The second-order valence-corrected chi connectivity index (χ2v) is 4.38. The van der Waals surface area contributed by atoms with E-state index in [0.717, 1.165) is 6.20 Å². The van der Waals surface area contributed by atoms with Crippen LogP contribution in [0.1, 0.15) is 17.6 Å². The van der Waals surface area contributed by atoms with Gasteiger partial charge in [0.15, 0.2) is 5.75 Å². The van der Waals surface area contributed by atoms with Crippen molar-refractivity contribution >= 4 is 38.5 Å². The number of hydrogen-bond donors (Lipinski definition) is 0. The molecule has 0 N–H and O–H groups in total. The van der Waals surface area contributed by atoms with E-state index in [9.17, 15) is 22.0 Å². The first-order valence-electron chi connectivity index (χ1n) is 4.03. The lowest BCUT2D eigenvalue weighted by Crippen LogP contribution is -2.20. The van der Waals surface area contributed by atoms with E-state index in [1.54, 1.807) is 0 Å². The summed E-state index contributed by atoms with van der Waals surface area (Å²) in [6.07, 6.45) is -7.02. The molecule has 0 unspecified atom stereocenters. The quantitative estimate of drug-likeness (QED) is 0.306. The summed E-state index contributed by atoms with van der Waals surface area (Å²) in [5.74, 6) is -0.940. The molecule has 0 spiro atoms. The summed E-state index contributed by atoms with van der Waals surface area (Å²) < 4.78 is 65.1. The minimum Gasteiger partial charge on any atom is -0.402 e. The van der Waals surface area contributed by atoms with Gasteiger partial charge in [0.05, 0.1) is 5.56 Å². The lowest BCUT2D eigenvalue weighted by Gasteiger charge is -2.16. The zero-order chi connectivity index (χ0) is 13.2. The van der Waals surface area contributed by atoms with Crippen molar-refractivity contribution in [3.05, 3.63) is 21.0 Å². The Labute approximate surface area is 115 Å². The van der Waals surface area contributed by atoms with Gasteiger partial charge in [-0.3, -0.25) is 0 Å². The summed E-state index contributed by atoms with van der Waals surface area (Å²) in [6.45, 7) is 0. The highest BCUT2D eigenvalue weighted by atomic mass is 127. The molecule has 0 bridgehead atoms. The molecule has 1 aromatic rings. The van der Waals surface area contributed by atoms with Crippen LogP contribution in [0.5, 0.6) is 5.75 Å². The maximum atomic E-state index is 12.7. The lowest BCUT2D eigenvalue weighted by molar-refractivity contribution is -0.275. The van der Waals surface area contributed by atoms with Gasteiger partial charge in [-0.25, -0.2) is 13.8 Å². The molecular formula is C8H4BrF5INO. The highest BCUT2D eigenvalue weighted by molar-refractivity contribution is 14.1. The first-order valence-corrected chi connectivity index (χ1v) is 6.23. The normalized spacial score (nSPS) is 12.0. The molecule has 0 atom stereocenters. The molecule has 0 aliphatic heterocycles. The van der Waals surface area contributed by atoms with E-state index in [0.29, 0.717) is 0 Å². The summed E-state index contributed by atoms with van der Waals surface area (Å²) >= 11 is 4.31. The molecule has 9 heteroatoms. The number of alkyl halides is 6. The summed E-state index contributed by atoms with van der Waals surface area (Å²) in [7, 11) is 0. The van der Waals surface area contributed by atoms with E-state index in [4.69, 9.17) is 0 Å². The largest absolute Gasteiger partial charge is 0.573 e. The van der Waals surface area contributed by atoms with E-state index in [-0.39, 0.29) is 14.6 Å². The molecule has 2 nitrogen and oxygen atoms in total. The van der Waals surface area contributed by atoms with Crippen LogP contribution in [-0.2, 0) is 5.33 Å². The Hall–Kier alpha value is -0.190. The van der Waals surface area contributed by atoms with E-state index >= 15 is 0 Å². The predicted molar refractivity (Wildman–Crippen MR) is 61.2 cm³/mol. The van der Waals surface area contributed by atoms with E-state index in [1.165, 1.54) is 22.6 Å². The molecule has 1 aromatic heterocycles. The zero-order valence-corrected chi connectivity index (χ0v) is 11.6. The van der Waals surface area contributed by atoms with Crippen LogP contribution in [0, 0.1) is 3.70 Å². The smallest absolute Gasteiger partial charge is 0.402 e. The average Bonchev–Trinajstić information content (AvgIpc) is 2.18. The van der Waals surface area contributed by atoms with Crippen molar-refractivity contribution in [3.8, 4) is 5.75 Å². The standard InChI is InChI=1S/C8H4BrF5INO/c9-1-3-2-16-7(15)5(4(3)6(10)11)17-8(12,13)14/h2,6H,1H2. The Balaban J connectivity index is 3.34. The molecular weight excluding hydrogens is 428 g/mol. The Bertz CT molecular complexity index is 412. The SMILES string of the molecule is FC(F)c1c(CBr)cnc(I)c1OC(F)(F)F. The molecule has 96 valence electrons. The monoisotopic (exact) mass is 431 g/mol. The van der Waals surface area contributed by atoms with Crippen molar-refractivity contribution in [2.24, 2.45) is 0 Å². The van der Waals surface area contributed by atoms with Crippen LogP contribution in [0.15, 0.2) is 6.20 Å². The molecule has 1 rings (SSSR count). The zero-order valence-electron chi connectivity index (χ0n) is 7.86. The number of rotatable bonds is 3. The molecule has 0 amide bonds. The van der Waals surface area contributed by atoms with Crippen LogP contribution in [0.25, 0.3) is 0 Å². The predicted octanol–water partition coefficient (Wildman–Crippen LogP) is 4.42. The molecule has 0 fully saturated rings.